The van der Waals surface area contributed by atoms with E-state index in [2.05, 4.69) is 43.0 Å². The van der Waals surface area contributed by atoms with Crippen LogP contribution in [0.3, 0.4) is 0 Å². The maximum atomic E-state index is 12.6. The molecule has 3 N–H and O–H groups in total. The molecule has 3 aromatic heterocycles. The predicted molar refractivity (Wildman–Crippen MR) is 160 cm³/mol. The number of carbonyl (C=O) groups excluding carboxylic acids is 2. The normalized spacial score (nSPS) is 14.2. The standard InChI is InChI=1S/C32H27N7O2/c33-32(41)23-9-10-27-31(37-28(19-40)35-27)30(23)24-17-29(36-26-8-4-2-6-22(24)26)39-15-13-38(14-16-39)18-20-11-12-34-25-7-3-1-5-21(20)25/h1-12,17,19H,13-16,18H2,(H2,33,41)(H,35,37). The van der Waals surface area contributed by atoms with Crippen molar-refractivity contribution in [1.82, 2.24) is 24.8 Å². The lowest BCUT2D eigenvalue weighted by molar-refractivity contribution is 0.100. The summed E-state index contributed by atoms with van der Waals surface area (Å²) in [7, 11) is 0. The van der Waals surface area contributed by atoms with Gasteiger partial charge in [0.1, 0.15) is 5.82 Å². The topological polar surface area (TPSA) is 121 Å². The first-order chi connectivity index (χ1) is 20.1. The van der Waals surface area contributed by atoms with E-state index in [1.807, 2.05) is 48.7 Å². The van der Waals surface area contributed by atoms with E-state index >= 15 is 0 Å². The van der Waals surface area contributed by atoms with Gasteiger partial charge in [-0.1, -0.05) is 36.4 Å². The second-order valence-corrected chi connectivity index (χ2v) is 10.3. The van der Waals surface area contributed by atoms with Crippen LogP contribution in [0.1, 0.15) is 26.5 Å². The van der Waals surface area contributed by atoms with E-state index in [-0.39, 0.29) is 5.82 Å². The average molecular weight is 542 g/mol. The zero-order valence-corrected chi connectivity index (χ0v) is 22.2. The van der Waals surface area contributed by atoms with Gasteiger partial charge in [0.25, 0.3) is 0 Å². The maximum absolute atomic E-state index is 12.6. The van der Waals surface area contributed by atoms with Gasteiger partial charge in [-0.3, -0.25) is 19.5 Å². The highest BCUT2D eigenvalue weighted by Gasteiger charge is 2.23. The molecule has 7 rings (SSSR count). The molecule has 41 heavy (non-hydrogen) atoms. The Hall–Kier alpha value is -5.15. The van der Waals surface area contributed by atoms with Crippen molar-refractivity contribution in [2.24, 2.45) is 5.73 Å². The number of amides is 1. The van der Waals surface area contributed by atoms with E-state index in [0.717, 1.165) is 60.5 Å². The molecule has 1 aliphatic heterocycles. The molecule has 6 aromatic rings. The number of para-hydroxylation sites is 2. The third-order valence-corrected chi connectivity index (χ3v) is 7.85. The molecule has 1 aliphatic rings. The molecule has 3 aromatic carbocycles. The highest BCUT2D eigenvalue weighted by molar-refractivity contribution is 6.12. The van der Waals surface area contributed by atoms with Crippen LogP contribution < -0.4 is 10.6 Å². The summed E-state index contributed by atoms with van der Waals surface area (Å²) in [6.45, 7) is 4.22. The summed E-state index contributed by atoms with van der Waals surface area (Å²) in [4.78, 5) is 45.9. The number of fused-ring (bicyclic) bond motifs is 3. The summed E-state index contributed by atoms with van der Waals surface area (Å²) >= 11 is 0. The SMILES string of the molecule is NC(=O)c1ccc2[nH]c(C=O)nc2c1-c1cc(N2CCN(Cc3ccnc4ccccc34)CC2)nc2ccccc12. The van der Waals surface area contributed by atoms with Gasteiger partial charge >= 0.3 is 0 Å². The number of nitrogens with two attached hydrogens (primary N) is 1. The quantitative estimate of drug-likeness (QED) is 0.297. The van der Waals surface area contributed by atoms with Crippen LogP contribution in [-0.4, -0.2) is 63.2 Å². The molecule has 1 saturated heterocycles. The fourth-order valence-electron chi connectivity index (χ4n) is 5.83. The van der Waals surface area contributed by atoms with Crippen molar-refractivity contribution in [3.63, 3.8) is 0 Å². The average Bonchev–Trinajstić information content (AvgIpc) is 3.44. The molecule has 0 atom stereocenters. The largest absolute Gasteiger partial charge is 0.366 e. The molecule has 0 saturated carbocycles. The smallest absolute Gasteiger partial charge is 0.249 e. The molecule has 9 nitrogen and oxygen atoms in total. The van der Waals surface area contributed by atoms with Crippen LogP contribution in [0.15, 0.2) is 79.0 Å². The van der Waals surface area contributed by atoms with Gasteiger partial charge in [-0.2, -0.15) is 0 Å². The zero-order chi connectivity index (χ0) is 27.9. The van der Waals surface area contributed by atoms with Crippen LogP contribution >= 0.6 is 0 Å². The highest BCUT2D eigenvalue weighted by atomic mass is 16.1. The van der Waals surface area contributed by atoms with E-state index in [9.17, 15) is 9.59 Å². The highest BCUT2D eigenvalue weighted by Crippen LogP contribution is 2.37. The van der Waals surface area contributed by atoms with Crippen LogP contribution in [0.4, 0.5) is 5.82 Å². The summed E-state index contributed by atoms with van der Waals surface area (Å²) < 4.78 is 0. The van der Waals surface area contributed by atoms with Gasteiger partial charge in [0.2, 0.25) is 5.91 Å². The van der Waals surface area contributed by atoms with Gasteiger partial charge in [-0.05, 0) is 47.5 Å². The molecule has 0 spiro atoms. The summed E-state index contributed by atoms with van der Waals surface area (Å²) in [5, 5.41) is 2.07. The van der Waals surface area contributed by atoms with Crippen LogP contribution in [0, 0.1) is 0 Å². The Morgan fingerprint density at radius 1 is 0.902 bits per heavy atom. The first-order valence-corrected chi connectivity index (χ1v) is 13.6. The van der Waals surface area contributed by atoms with Gasteiger partial charge in [0, 0.05) is 60.8 Å². The molecule has 0 unspecified atom stereocenters. The number of H-pyrrole nitrogens is 1. The maximum Gasteiger partial charge on any atom is 0.249 e. The predicted octanol–water partition coefficient (Wildman–Crippen LogP) is 4.56. The number of hydrogen-bond acceptors (Lipinski definition) is 7. The summed E-state index contributed by atoms with van der Waals surface area (Å²) in [6, 6.07) is 23.6. The molecule has 4 heterocycles. The first-order valence-electron chi connectivity index (χ1n) is 13.6. The lowest BCUT2D eigenvalue weighted by Gasteiger charge is -2.36. The van der Waals surface area contributed by atoms with Gasteiger partial charge < -0.3 is 15.6 Å². The molecule has 1 amide bonds. The number of anilines is 1. The van der Waals surface area contributed by atoms with Crippen molar-refractivity contribution in [1.29, 1.82) is 0 Å². The minimum Gasteiger partial charge on any atom is -0.366 e. The number of nitrogens with zero attached hydrogens (tertiary/aromatic N) is 5. The van der Waals surface area contributed by atoms with E-state index in [1.54, 1.807) is 12.1 Å². The second-order valence-electron chi connectivity index (χ2n) is 10.3. The number of benzene rings is 3. The van der Waals surface area contributed by atoms with Gasteiger partial charge in [0.15, 0.2) is 12.1 Å². The lowest BCUT2D eigenvalue weighted by atomic mass is 9.94. The van der Waals surface area contributed by atoms with Crippen molar-refractivity contribution < 1.29 is 9.59 Å². The number of primary amides is 1. The van der Waals surface area contributed by atoms with Crippen molar-refractivity contribution in [3.05, 3.63) is 95.9 Å². The minimum atomic E-state index is -0.558. The number of piperazine rings is 1. The number of aromatic amines is 1. The number of nitrogens with one attached hydrogen (secondary N) is 1. The number of pyridine rings is 2. The number of aldehydes is 1. The Labute approximate surface area is 235 Å². The molecule has 0 bridgehead atoms. The molecule has 202 valence electrons. The Kier molecular flexibility index (Phi) is 6.13. The molecule has 0 radical (unpaired) electrons. The van der Waals surface area contributed by atoms with Gasteiger partial charge in [-0.15, -0.1) is 0 Å². The molecule has 0 aliphatic carbocycles. The molecule has 9 heteroatoms. The summed E-state index contributed by atoms with van der Waals surface area (Å²) in [5.74, 6) is 0.461. The van der Waals surface area contributed by atoms with Crippen LogP contribution in [0.5, 0.6) is 0 Å². The van der Waals surface area contributed by atoms with E-state index in [1.165, 1.54) is 10.9 Å². The lowest BCUT2D eigenvalue weighted by Crippen LogP contribution is -2.46. The Morgan fingerprint density at radius 3 is 2.44 bits per heavy atom. The fourth-order valence-corrected chi connectivity index (χ4v) is 5.83. The number of imidazole rings is 1. The van der Waals surface area contributed by atoms with Crippen LogP contribution in [0.2, 0.25) is 0 Å². The number of aromatic nitrogens is 4. The Bertz CT molecular complexity index is 1950. The second kappa shape index (κ2) is 10.1. The van der Waals surface area contributed by atoms with Crippen molar-refractivity contribution in [2.45, 2.75) is 6.54 Å². The number of rotatable bonds is 6. The van der Waals surface area contributed by atoms with E-state index < -0.39 is 5.91 Å². The molecule has 1 fully saturated rings. The monoisotopic (exact) mass is 541 g/mol. The van der Waals surface area contributed by atoms with Crippen molar-refractivity contribution in [3.8, 4) is 11.1 Å². The zero-order valence-electron chi connectivity index (χ0n) is 22.2. The van der Waals surface area contributed by atoms with E-state index in [4.69, 9.17) is 10.7 Å². The Balaban J connectivity index is 1.25. The third-order valence-electron chi connectivity index (χ3n) is 7.85. The van der Waals surface area contributed by atoms with Crippen LogP contribution in [0.25, 0.3) is 44.0 Å². The summed E-state index contributed by atoms with van der Waals surface area (Å²) in [6.07, 6.45) is 2.55. The Morgan fingerprint density at radius 2 is 1.66 bits per heavy atom. The van der Waals surface area contributed by atoms with Crippen molar-refractivity contribution in [2.75, 3.05) is 31.1 Å². The van der Waals surface area contributed by atoms with Crippen LogP contribution in [-0.2, 0) is 6.54 Å². The molecular weight excluding hydrogens is 514 g/mol. The van der Waals surface area contributed by atoms with Crippen molar-refractivity contribution >= 4 is 50.9 Å². The minimum absolute atomic E-state index is 0.194. The molecular formula is C32H27N7O2. The third kappa shape index (κ3) is 4.46. The number of hydrogen-bond donors (Lipinski definition) is 2. The first kappa shape index (κ1) is 24.9. The summed E-state index contributed by atoms with van der Waals surface area (Å²) in [5.41, 5.74) is 11.9. The number of carbonyl (C=O) groups is 2. The van der Waals surface area contributed by atoms with Gasteiger partial charge in [0.05, 0.1) is 22.1 Å². The van der Waals surface area contributed by atoms with E-state index in [0.29, 0.717) is 28.4 Å². The fraction of sp³-hybridized carbons (Fsp3) is 0.156. The van der Waals surface area contributed by atoms with Gasteiger partial charge in [-0.25, -0.2) is 9.97 Å².